The van der Waals surface area contributed by atoms with E-state index in [4.69, 9.17) is 14.6 Å². The number of primary amides is 1. The van der Waals surface area contributed by atoms with Crippen LogP contribution in [-0.2, 0) is 12.0 Å². The van der Waals surface area contributed by atoms with Gasteiger partial charge < -0.3 is 19.9 Å². The number of hydrogen-bond donors (Lipinski definition) is 2. The highest BCUT2D eigenvalue weighted by Crippen LogP contribution is 2.46. The number of rotatable bonds is 7. The molecule has 0 bridgehead atoms. The summed E-state index contributed by atoms with van der Waals surface area (Å²) in [6.45, 7) is 1.81. The average molecular weight is 579 g/mol. The van der Waals surface area contributed by atoms with E-state index in [2.05, 4.69) is 15.3 Å². The molecule has 1 aliphatic carbocycles. The Morgan fingerprint density at radius 3 is 2.49 bits per heavy atom. The van der Waals surface area contributed by atoms with Crippen molar-refractivity contribution in [3.8, 4) is 11.1 Å². The van der Waals surface area contributed by atoms with Gasteiger partial charge in [-0.2, -0.15) is 0 Å². The predicted octanol–water partition coefficient (Wildman–Crippen LogP) is 6.33. The first-order valence-electron chi connectivity index (χ1n) is 13.6. The summed E-state index contributed by atoms with van der Waals surface area (Å²) in [7, 11) is 0. The number of aromatic nitrogens is 2. The maximum Gasteiger partial charge on any atom is 0.253 e. The summed E-state index contributed by atoms with van der Waals surface area (Å²) in [5, 5.41) is 3.01. The normalized spacial score (nSPS) is 13.8. The lowest BCUT2D eigenvalue weighted by molar-refractivity contribution is 0.0922. The minimum Gasteiger partial charge on any atom is -0.460 e. The van der Waals surface area contributed by atoms with Crippen LogP contribution in [0.5, 0.6) is 0 Å². The van der Waals surface area contributed by atoms with Crippen molar-refractivity contribution >= 4 is 33.9 Å². The van der Waals surface area contributed by atoms with Crippen LogP contribution in [0.4, 0.5) is 8.78 Å². The van der Waals surface area contributed by atoms with Crippen molar-refractivity contribution in [1.82, 2.24) is 15.3 Å². The van der Waals surface area contributed by atoms with E-state index in [1.807, 2.05) is 0 Å². The average Bonchev–Trinajstić information content (AvgIpc) is 3.46. The molecular weight excluding hydrogens is 554 g/mol. The van der Waals surface area contributed by atoms with Crippen molar-refractivity contribution in [2.45, 2.75) is 31.7 Å². The molecule has 3 aromatic carbocycles. The number of hydrogen-bond acceptors (Lipinski definition) is 6. The molecule has 3 heterocycles. The zero-order chi connectivity index (χ0) is 29.9. The van der Waals surface area contributed by atoms with Gasteiger partial charge in [0, 0.05) is 29.8 Å². The molecule has 1 aliphatic rings. The summed E-state index contributed by atoms with van der Waals surface area (Å²) in [6.07, 6.45) is 4.67. The number of carbonyl (C=O) groups excluding carboxylic acids is 2. The number of fused-ring (bicyclic) bond motifs is 2. The number of aryl methyl sites for hydroxylation is 1. The minimum absolute atomic E-state index is 0.0428. The Labute approximate surface area is 243 Å². The Kier molecular flexibility index (Phi) is 6.08. The number of nitrogens with one attached hydrogen (secondary N) is 1. The number of pyridine rings is 1. The first-order chi connectivity index (χ1) is 20.7. The first-order valence-corrected chi connectivity index (χ1v) is 13.6. The summed E-state index contributed by atoms with van der Waals surface area (Å²) in [4.78, 5) is 34.5. The van der Waals surface area contributed by atoms with E-state index in [1.165, 1.54) is 12.1 Å². The highest BCUT2D eigenvalue weighted by atomic mass is 19.1. The molecule has 214 valence electrons. The fourth-order valence-corrected chi connectivity index (χ4v) is 5.43. The van der Waals surface area contributed by atoms with Gasteiger partial charge in [0.1, 0.15) is 34.0 Å². The van der Waals surface area contributed by atoms with Crippen LogP contribution < -0.4 is 11.1 Å². The van der Waals surface area contributed by atoms with E-state index < -0.39 is 23.1 Å². The summed E-state index contributed by atoms with van der Waals surface area (Å²) in [5.41, 5.74) is 8.62. The van der Waals surface area contributed by atoms with Crippen LogP contribution in [0.25, 0.3) is 33.2 Å². The Hall–Kier alpha value is -5.38. The SMILES string of the molecule is Cc1ccc(C(=O)NC2(c3nc4cnccc4o3)CC2)cc1-c1ccc2oc(Cc3ccc(F)cc3)c(C(N)=O)c2c1F. The molecule has 1 fully saturated rings. The molecule has 43 heavy (non-hydrogen) atoms. The fourth-order valence-electron chi connectivity index (χ4n) is 5.43. The number of benzene rings is 3. The molecule has 3 N–H and O–H groups in total. The van der Waals surface area contributed by atoms with E-state index in [-0.39, 0.29) is 40.2 Å². The van der Waals surface area contributed by atoms with Crippen molar-refractivity contribution in [2.75, 3.05) is 0 Å². The summed E-state index contributed by atoms with van der Waals surface area (Å²) >= 11 is 0. The predicted molar refractivity (Wildman–Crippen MR) is 154 cm³/mol. The number of oxazole rings is 1. The Morgan fingerprint density at radius 2 is 1.77 bits per heavy atom. The molecule has 0 radical (unpaired) electrons. The van der Waals surface area contributed by atoms with E-state index >= 15 is 4.39 Å². The van der Waals surface area contributed by atoms with Crippen LogP contribution in [0.1, 0.15) is 56.3 Å². The van der Waals surface area contributed by atoms with Crippen LogP contribution in [-0.4, -0.2) is 21.8 Å². The van der Waals surface area contributed by atoms with E-state index in [0.717, 1.165) is 5.56 Å². The van der Waals surface area contributed by atoms with Crippen LogP contribution in [0.3, 0.4) is 0 Å². The zero-order valence-corrected chi connectivity index (χ0v) is 22.9. The van der Waals surface area contributed by atoms with Crippen molar-refractivity contribution in [3.63, 3.8) is 0 Å². The first kappa shape index (κ1) is 26.5. The van der Waals surface area contributed by atoms with Gasteiger partial charge >= 0.3 is 0 Å². The summed E-state index contributed by atoms with van der Waals surface area (Å²) in [5.74, 6) is -1.70. The van der Waals surface area contributed by atoms with Crippen molar-refractivity contribution in [3.05, 3.63) is 119 Å². The lowest BCUT2D eigenvalue weighted by atomic mass is 9.95. The number of halogens is 2. The van der Waals surface area contributed by atoms with Gasteiger partial charge in [0.2, 0.25) is 5.89 Å². The molecule has 0 spiro atoms. The number of carbonyl (C=O) groups is 2. The summed E-state index contributed by atoms with van der Waals surface area (Å²) < 4.78 is 41.4. The third-order valence-electron chi connectivity index (χ3n) is 7.88. The van der Waals surface area contributed by atoms with Crippen molar-refractivity contribution in [1.29, 1.82) is 0 Å². The zero-order valence-electron chi connectivity index (χ0n) is 22.9. The van der Waals surface area contributed by atoms with E-state index in [9.17, 15) is 14.0 Å². The van der Waals surface area contributed by atoms with E-state index in [1.54, 1.807) is 67.8 Å². The largest absolute Gasteiger partial charge is 0.460 e. The molecule has 7 rings (SSSR count). The summed E-state index contributed by atoms with van der Waals surface area (Å²) in [6, 6.07) is 15.6. The maximum atomic E-state index is 16.3. The lowest BCUT2D eigenvalue weighted by Gasteiger charge is -2.15. The highest BCUT2D eigenvalue weighted by molar-refractivity contribution is 6.08. The van der Waals surface area contributed by atoms with Crippen LogP contribution in [0, 0.1) is 18.6 Å². The topological polar surface area (TPSA) is 124 Å². The molecule has 0 saturated heterocycles. The van der Waals surface area contributed by atoms with E-state index in [0.29, 0.717) is 46.5 Å². The smallest absolute Gasteiger partial charge is 0.253 e. The van der Waals surface area contributed by atoms with Gasteiger partial charge in [-0.15, -0.1) is 0 Å². The molecule has 10 heteroatoms. The molecule has 1 saturated carbocycles. The number of furan rings is 1. The second-order valence-electron chi connectivity index (χ2n) is 10.8. The van der Waals surface area contributed by atoms with Crippen LogP contribution >= 0.6 is 0 Å². The van der Waals surface area contributed by atoms with Gasteiger partial charge in [-0.05, 0) is 72.9 Å². The molecule has 3 aromatic heterocycles. The highest BCUT2D eigenvalue weighted by Gasteiger charge is 2.50. The maximum absolute atomic E-state index is 16.3. The Balaban J connectivity index is 1.23. The monoisotopic (exact) mass is 578 g/mol. The van der Waals surface area contributed by atoms with Gasteiger partial charge in [0.05, 0.1) is 17.1 Å². The standard InChI is InChI=1S/C33H24F2N4O4/c1-17-2-5-19(31(41)39-33(11-12-33)32-38-23-16-37-13-10-24(23)43-32)15-22(17)21-8-9-25-27(29(21)35)28(30(36)40)26(42-25)14-18-3-6-20(34)7-4-18/h2-10,13,15-16H,11-12,14H2,1H3,(H2,36,40)(H,39,41). The van der Waals surface area contributed by atoms with Gasteiger partial charge in [-0.25, -0.2) is 13.8 Å². The molecule has 0 aliphatic heterocycles. The third-order valence-corrected chi connectivity index (χ3v) is 7.88. The quantitative estimate of drug-likeness (QED) is 0.228. The number of amides is 2. The van der Waals surface area contributed by atoms with Crippen molar-refractivity contribution < 1.29 is 27.2 Å². The van der Waals surface area contributed by atoms with Crippen LogP contribution in [0.2, 0.25) is 0 Å². The molecule has 8 nitrogen and oxygen atoms in total. The molecule has 6 aromatic rings. The Morgan fingerprint density at radius 1 is 0.977 bits per heavy atom. The molecule has 2 amide bonds. The number of nitrogens with two attached hydrogens (primary N) is 1. The fraction of sp³-hybridized carbons (Fsp3) is 0.152. The second kappa shape index (κ2) is 9.87. The van der Waals surface area contributed by atoms with Gasteiger partial charge in [-0.3, -0.25) is 14.6 Å². The minimum atomic E-state index is -0.846. The molecular formula is C33H24F2N4O4. The van der Waals surface area contributed by atoms with Crippen molar-refractivity contribution in [2.24, 2.45) is 5.73 Å². The third kappa shape index (κ3) is 4.61. The number of nitrogens with zero attached hydrogens (tertiary/aromatic N) is 2. The molecule has 0 atom stereocenters. The Bertz CT molecular complexity index is 2040. The molecule has 0 unspecified atom stereocenters. The lowest BCUT2D eigenvalue weighted by Crippen LogP contribution is -2.35. The van der Waals surface area contributed by atoms with Gasteiger partial charge in [0.25, 0.3) is 11.8 Å². The van der Waals surface area contributed by atoms with Gasteiger partial charge in [-0.1, -0.05) is 18.2 Å². The van der Waals surface area contributed by atoms with Crippen LogP contribution in [0.15, 0.2) is 81.9 Å². The van der Waals surface area contributed by atoms with Gasteiger partial charge in [0.15, 0.2) is 5.58 Å². The second-order valence-corrected chi connectivity index (χ2v) is 10.8.